The lowest BCUT2D eigenvalue weighted by molar-refractivity contribution is 0.340. The molecule has 1 aromatic carbocycles. The van der Waals surface area contributed by atoms with Gasteiger partial charge in [-0.05, 0) is 30.7 Å². The molecule has 2 heterocycles. The number of nitrogen functional groups attached to an aromatic ring is 1. The van der Waals surface area contributed by atoms with Gasteiger partial charge in [0.15, 0.2) is 5.65 Å². The molecule has 19 heavy (non-hydrogen) atoms. The predicted octanol–water partition coefficient (Wildman–Crippen LogP) is 2.38. The third-order valence-electron chi connectivity index (χ3n) is 2.85. The van der Waals surface area contributed by atoms with Crippen LogP contribution in [0.2, 0.25) is 0 Å². The van der Waals surface area contributed by atoms with E-state index in [0.717, 1.165) is 22.5 Å². The molecule has 3 rings (SSSR count). The number of aromatic nitrogens is 3. The minimum atomic E-state index is 0.482. The number of anilines is 1. The van der Waals surface area contributed by atoms with Crippen molar-refractivity contribution in [2.24, 2.45) is 0 Å². The number of rotatable bonds is 3. The Morgan fingerprint density at radius 3 is 3.05 bits per heavy atom. The molecule has 0 unspecified atom stereocenters. The monoisotopic (exact) mass is 254 g/mol. The molecule has 2 aromatic heterocycles. The predicted molar refractivity (Wildman–Crippen MR) is 74.0 cm³/mol. The van der Waals surface area contributed by atoms with E-state index in [4.69, 9.17) is 10.5 Å². The molecule has 0 aliphatic carbocycles. The molecule has 0 fully saturated rings. The molecule has 96 valence electrons. The van der Waals surface area contributed by atoms with Crippen LogP contribution in [0.5, 0.6) is 5.75 Å². The van der Waals surface area contributed by atoms with Crippen LogP contribution in [0.4, 0.5) is 5.82 Å². The van der Waals surface area contributed by atoms with Crippen molar-refractivity contribution in [3.8, 4) is 16.9 Å². The molecule has 0 saturated heterocycles. The largest absolute Gasteiger partial charge is 0.494 e. The Morgan fingerprint density at radius 1 is 1.32 bits per heavy atom. The van der Waals surface area contributed by atoms with E-state index in [1.165, 1.54) is 0 Å². The van der Waals surface area contributed by atoms with Gasteiger partial charge >= 0.3 is 0 Å². The third kappa shape index (κ3) is 2.10. The van der Waals surface area contributed by atoms with E-state index in [1.807, 2.05) is 31.2 Å². The van der Waals surface area contributed by atoms with Crippen LogP contribution in [0.15, 0.2) is 42.7 Å². The number of fused-ring (bicyclic) bond motifs is 1. The summed E-state index contributed by atoms with van der Waals surface area (Å²) in [4.78, 5) is 4.33. The lowest BCUT2D eigenvalue weighted by atomic mass is 10.1. The number of nitrogens with two attached hydrogens (primary N) is 1. The molecule has 0 saturated carbocycles. The van der Waals surface area contributed by atoms with E-state index in [2.05, 4.69) is 10.1 Å². The molecule has 3 aromatic rings. The van der Waals surface area contributed by atoms with Crippen molar-refractivity contribution < 1.29 is 4.74 Å². The highest BCUT2D eigenvalue weighted by Crippen LogP contribution is 2.26. The highest BCUT2D eigenvalue weighted by atomic mass is 16.5. The summed E-state index contributed by atoms with van der Waals surface area (Å²) in [6.45, 7) is 2.60. The Balaban J connectivity index is 2.13. The second-order valence-electron chi connectivity index (χ2n) is 4.14. The van der Waals surface area contributed by atoms with E-state index in [-0.39, 0.29) is 0 Å². The van der Waals surface area contributed by atoms with Gasteiger partial charge in [0.1, 0.15) is 11.6 Å². The Hall–Kier alpha value is -2.56. The summed E-state index contributed by atoms with van der Waals surface area (Å²) in [5, 5.41) is 4.27. The Bertz CT molecular complexity index is 720. The molecule has 0 amide bonds. The van der Waals surface area contributed by atoms with Gasteiger partial charge in [0.25, 0.3) is 0 Å². The van der Waals surface area contributed by atoms with E-state index in [0.29, 0.717) is 12.4 Å². The molecule has 2 N–H and O–H groups in total. The Morgan fingerprint density at radius 2 is 2.21 bits per heavy atom. The molecule has 0 atom stereocenters. The zero-order valence-corrected chi connectivity index (χ0v) is 10.6. The van der Waals surface area contributed by atoms with Crippen LogP contribution in [0.1, 0.15) is 6.92 Å². The smallest absolute Gasteiger partial charge is 0.165 e. The molecule has 5 nitrogen and oxygen atoms in total. The fourth-order valence-corrected chi connectivity index (χ4v) is 2.01. The summed E-state index contributed by atoms with van der Waals surface area (Å²) in [7, 11) is 0. The minimum Gasteiger partial charge on any atom is -0.494 e. The number of hydrogen-bond acceptors (Lipinski definition) is 4. The first-order valence-corrected chi connectivity index (χ1v) is 6.11. The molecular weight excluding hydrogens is 240 g/mol. The van der Waals surface area contributed by atoms with Crippen LogP contribution in [-0.2, 0) is 0 Å². The molecule has 0 bridgehead atoms. The van der Waals surface area contributed by atoms with Crippen molar-refractivity contribution in [2.45, 2.75) is 6.92 Å². The highest BCUT2D eigenvalue weighted by Gasteiger charge is 2.09. The topological polar surface area (TPSA) is 65.4 Å². The lowest BCUT2D eigenvalue weighted by Crippen LogP contribution is -1.95. The quantitative estimate of drug-likeness (QED) is 0.779. The summed E-state index contributed by atoms with van der Waals surface area (Å²) >= 11 is 0. The van der Waals surface area contributed by atoms with E-state index < -0.39 is 0 Å². The fourth-order valence-electron chi connectivity index (χ4n) is 2.01. The minimum absolute atomic E-state index is 0.482. The maximum absolute atomic E-state index is 5.73. The summed E-state index contributed by atoms with van der Waals surface area (Å²) in [6, 6.07) is 9.59. The van der Waals surface area contributed by atoms with E-state index >= 15 is 0 Å². The Labute approximate surface area is 110 Å². The summed E-state index contributed by atoms with van der Waals surface area (Å²) < 4.78 is 7.22. The van der Waals surface area contributed by atoms with Gasteiger partial charge in [-0.25, -0.2) is 9.50 Å². The Kier molecular flexibility index (Phi) is 2.79. The first kappa shape index (κ1) is 11.5. The van der Waals surface area contributed by atoms with Crippen molar-refractivity contribution >= 4 is 11.5 Å². The summed E-state index contributed by atoms with van der Waals surface area (Å²) in [6.07, 6.45) is 3.58. The summed E-state index contributed by atoms with van der Waals surface area (Å²) in [5.41, 5.74) is 8.43. The van der Waals surface area contributed by atoms with Crippen LogP contribution in [0.3, 0.4) is 0 Å². The molecular formula is C14H14N4O. The first-order valence-electron chi connectivity index (χ1n) is 6.11. The average molecular weight is 254 g/mol. The van der Waals surface area contributed by atoms with Crippen molar-refractivity contribution in [1.82, 2.24) is 14.6 Å². The number of hydrogen-bond donors (Lipinski definition) is 1. The third-order valence-corrected chi connectivity index (χ3v) is 2.85. The van der Waals surface area contributed by atoms with Crippen LogP contribution in [-0.4, -0.2) is 21.2 Å². The van der Waals surface area contributed by atoms with Crippen LogP contribution in [0.25, 0.3) is 16.8 Å². The SMILES string of the molecule is CCOc1cccc(-c2cnn3ccc(N)nc23)c1. The van der Waals surface area contributed by atoms with E-state index in [9.17, 15) is 0 Å². The van der Waals surface area contributed by atoms with E-state index in [1.54, 1.807) is 23.0 Å². The maximum Gasteiger partial charge on any atom is 0.165 e. The van der Waals surface area contributed by atoms with Crippen LogP contribution in [0, 0.1) is 0 Å². The maximum atomic E-state index is 5.73. The van der Waals surface area contributed by atoms with Gasteiger partial charge in [-0.1, -0.05) is 12.1 Å². The molecule has 0 aliphatic heterocycles. The molecule has 5 heteroatoms. The van der Waals surface area contributed by atoms with Gasteiger partial charge in [0.05, 0.1) is 12.8 Å². The van der Waals surface area contributed by atoms with Crippen molar-refractivity contribution in [3.63, 3.8) is 0 Å². The van der Waals surface area contributed by atoms with Gasteiger partial charge in [-0.2, -0.15) is 5.10 Å². The fraction of sp³-hybridized carbons (Fsp3) is 0.143. The van der Waals surface area contributed by atoms with Crippen LogP contribution < -0.4 is 10.5 Å². The molecule has 0 spiro atoms. The summed E-state index contributed by atoms with van der Waals surface area (Å²) in [5.74, 6) is 1.32. The number of nitrogens with zero attached hydrogens (tertiary/aromatic N) is 3. The van der Waals surface area contributed by atoms with Gasteiger partial charge in [-0.3, -0.25) is 0 Å². The molecule has 0 radical (unpaired) electrons. The van der Waals surface area contributed by atoms with Crippen molar-refractivity contribution in [2.75, 3.05) is 12.3 Å². The normalized spacial score (nSPS) is 10.8. The second kappa shape index (κ2) is 4.61. The van der Waals surface area contributed by atoms with Gasteiger partial charge < -0.3 is 10.5 Å². The number of ether oxygens (including phenoxy) is 1. The average Bonchev–Trinajstić information content (AvgIpc) is 2.82. The molecule has 0 aliphatic rings. The zero-order valence-electron chi connectivity index (χ0n) is 10.6. The van der Waals surface area contributed by atoms with Crippen molar-refractivity contribution in [3.05, 3.63) is 42.7 Å². The lowest BCUT2D eigenvalue weighted by Gasteiger charge is -2.05. The first-order chi connectivity index (χ1) is 9.28. The van der Waals surface area contributed by atoms with Crippen molar-refractivity contribution in [1.29, 1.82) is 0 Å². The van der Waals surface area contributed by atoms with Gasteiger partial charge in [0, 0.05) is 11.8 Å². The zero-order chi connectivity index (χ0) is 13.2. The standard InChI is InChI=1S/C14H14N4O/c1-2-19-11-5-3-4-10(8-11)12-9-16-18-7-6-13(15)17-14(12)18/h3-9H,2H2,1H3,(H2,15,17). The van der Waals surface area contributed by atoms with Gasteiger partial charge in [0.2, 0.25) is 0 Å². The van der Waals surface area contributed by atoms with Crippen LogP contribution >= 0.6 is 0 Å². The number of benzene rings is 1. The highest BCUT2D eigenvalue weighted by molar-refractivity contribution is 5.78. The van der Waals surface area contributed by atoms with Gasteiger partial charge in [-0.15, -0.1) is 0 Å². The second-order valence-corrected chi connectivity index (χ2v) is 4.14.